The first-order valence-corrected chi connectivity index (χ1v) is 11.0. The van der Waals surface area contributed by atoms with Crippen molar-refractivity contribution in [1.82, 2.24) is 15.1 Å². The van der Waals surface area contributed by atoms with E-state index in [0.29, 0.717) is 25.2 Å². The third kappa shape index (κ3) is 3.79. The maximum Gasteiger partial charge on any atom is 0.328 e. The molecule has 1 N–H and O–H groups in total. The van der Waals surface area contributed by atoms with Gasteiger partial charge in [0.1, 0.15) is 18.1 Å². The zero-order valence-corrected chi connectivity index (χ0v) is 18.1. The van der Waals surface area contributed by atoms with Gasteiger partial charge in [0.2, 0.25) is 5.91 Å². The van der Waals surface area contributed by atoms with E-state index >= 15 is 0 Å². The summed E-state index contributed by atoms with van der Waals surface area (Å²) in [7, 11) is 1.29. The Bertz CT molecular complexity index is 906. The van der Waals surface area contributed by atoms with E-state index in [1.807, 2.05) is 24.3 Å². The van der Waals surface area contributed by atoms with Crippen LogP contribution in [0.2, 0.25) is 0 Å². The second kappa shape index (κ2) is 8.32. The van der Waals surface area contributed by atoms with Crippen molar-refractivity contribution in [2.24, 2.45) is 5.92 Å². The first kappa shape index (κ1) is 21.3. The van der Waals surface area contributed by atoms with Gasteiger partial charge >= 0.3 is 12.0 Å². The molecule has 1 aliphatic carbocycles. The molecule has 0 radical (unpaired) electrons. The minimum atomic E-state index is -0.890. The molecule has 166 valence electrons. The van der Waals surface area contributed by atoms with Crippen LogP contribution in [0.4, 0.5) is 4.79 Å². The molecule has 0 unspecified atom stereocenters. The molecule has 2 heterocycles. The molecule has 0 bridgehead atoms. The minimum absolute atomic E-state index is 0.238. The van der Waals surface area contributed by atoms with Gasteiger partial charge in [0.05, 0.1) is 7.11 Å². The highest BCUT2D eigenvalue weighted by atomic mass is 16.5. The predicted molar refractivity (Wildman–Crippen MR) is 112 cm³/mol. The molecule has 1 atom stereocenters. The maximum absolute atomic E-state index is 13.2. The van der Waals surface area contributed by atoms with Crippen molar-refractivity contribution in [2.45, 2.75) is 63.6 Å². The van der Waals surface area contributed by atoms with Crippen LogP contribution in [0.25, 0.3) is 0 Å². The van der Waals surface area contributed by atoms with Crippen LogP contribution in [0, 0.1) is 5.92 Å². The van der Waals surface area contributed by atoms with Crippen LogP contribution in [-0.2, 0) is 32.1 Å². The van der Waals surface area contributed by atoms with Crippen molar-refractivity contribution >= 4 is 23.8 Å². The number of hydrogen-bond donors (Lipinski definition) is 1. The summed E-state index contributed by atoms with van der Waals surface area (Å²) < 4.78 is 4.92. The number of carbonyl (C=O) groups excluding carboxylic acids is 4. The van der Waals surface area contributed by atoms with Crippen molar-refractivity contribution in [2.75, 3.05) is 13.7 Å². The zero-order chi connectivity index (χ0) is 22.2. The summed E-state index contributed by atoms with van der Waals surface area (Å²) in [5.41, 5.74) is 1.05. The number of ether oxygens (including phenoxy) is 1. The van der Waals surface area contributed by atoms with Crippen LogP contribution < -0.4 is 5.32 Å². The third-order valence-electron chi connectivity index (χ3n) is 7.12. The Hall–Kier alpha value is -2.90. The van der Waals surface area contributed by atoms with E-state index in [1.54, 1.807) is 0 Å². The fourth-order valence-electron chi connectivity index (χ4n) is 5.10. The fraction of sp³-hybridized carbons (Fsp3) is 0.565. The molecule has 1 saturated carbocycles. The first-order chi connectivity index (χ1) is 14.9. The van der Waals surface area contributed by atoms with Gasteiger partial charge in [-0.15, -0.1) is 0 Å². The number of carbonyl (C=O) groups is 4. The lowest BCUT2D eigenvalue weighted by molar-refractivity contribution is -0.154. The highest BCUT2D eigenvalue weighted by molar-refractivity contribution is 6.09. The smallest absolute Gasteiger partial charge is 0.328 e. The molecule has 8 nitrogen and oxygen atoms in total. The van der Waals surface area contributed by atoms with Gasteiger partial charge in [-0.25, -0.2) is 9.59 Å². The normalized spacial score (nSPS) is 27.8. The number of fused-ring (bicyclic) bond motifs is 1. The Morgan fingerprint density at radius 2 is 1.84 bits per heavy atom. The lowest BCUT2D eigenvalue weighted by Crippen LogP contribution is -2.53. The molecule has 2 fully saturated rings. The van der Waals surface area contributed by atoms with Gasteiger partial charge < -0.3 is 15.0 Å². The van der Waals surface area contributed by atoms with E-state index in [9.17, 15) is 19.2 Å². The van der Waals surface area contributed by atoms with E-state index in [4.69, 9.17) is 4.74 Å². The lowest BCUT2D eigenvalue weighted by Gasteiger charge is -2.36. The summed E-state index contributed by atoms with van der Waals surface area (Å²) >= 11 is 0. The van der Waals surface area contributed by atoms with E-state index < -0.39 is 29.5 Å². The first-order valence-electron chi connectivity index (χ1n) is 11.0. The maximum atomic E-state index is 13.2. The number of nitrogens with zero attached hydrogens (tertiary/aromatic N) is 2. The van der Waals surface area contributed by atoms with Crippen molar-refractivity contribution < 1.29 is 23.9 Å². The largest absolute Gasteiger partial charge is 0.467 e. The van der Waals surface area contributed by atoms with Gasteiger partial charge in [0.25, 0.3) is 5.91 Å². The zero-order valence-electron chi connectivity index (χ0n) is 18.1. The summed E-state index contributed by atoms with van der Waals surface area (Å²) in [6.45, 7) is 2.00. The molecule has 8 heteroatoms. The summed E-state index contributed by atoms with van der Waals surface area (Å²) in [5.74, 6) is -0.699. The predicted octanol–water partition coefficient (Wildman–Crippen LogP) is 2.00. The van der Waals surface area contributed by atoms with Crippen LogP contribution in [0.1, 0.15) is 50.2 Å². The number of urea groups is 1. The fourth-order valence-corrected chi connectivity index (χ4v) is 5.10. The minimum Gasteiger partial charge on any atom is -0.467 e. The number of nitrogens with one attached hydrogen (secondary N) is 1. The molecular formula is C23H29N3O5. The topological polar surface area (TPSA) is 96.0 Å². The molecule has 31 heavy (non-hydrogen) atoms. The number of benzene rings is 1. The second-order valence-electron chi connectivity index (χ2n) is 8.79. The molecule has 3 aliphatic rings. The average Bonchev–Trinajstić information content (AvgIpc) is 3.02. The van der Waals surface area contributed by atoms with Gasteiger partial charge in [0.15, 0.2) is 0 Å². The highest BCUT2D eigenvalue weighted by Gasteiger charge is 2.53. The van der Waals surface area contributed by atoms with Gasteiger partial charge in [-0.3, -0.25) is 14.5 Å². The standard InChI is InChI=1S/C23H29N3O5/c1-3-15-8-10-23(11-9-15)21(29)26(22(30)24-23)14-19(27)25-13-17-7-5-4-6-16(17)12-18(25)20(28)31-2/h4-7,15,18H,3,8-14H2,1-2H3,(H,24,30)/t15?,18-,23?/m1/s1. The number of rotatable bonds is 4. The van der Waals surface area contributed by atoms with Crippen molar-refractivity contribution in [3.63, 3.8) is 0 Å². The second-order valence-corrected chi connectivity index (χ2v) is 8.79. The SMILES string of the molecule is CCC1CCC2(CC1)NC(=O)N(CC(=O)N1Cc3ccccc3C[C@@H]1C(=O)OC)C2=O. The van der Waals surface area contributed by atoms with Gasteiger partial charge in [-0.2, -0.15) is 0 Å². The molecule has 4 amide bonds. The Kier molecular flexibility index (Phi) is 5.73. The third-order valence-corrected chi connectivity index (χ3v) is 7.12. The molecule has 1 aromatic carbocycles. The van der Waals surface area contributed by atoms with Gasteiger partial charge in [0, 0.05) is 13.0 Å². The molecule has 1 saturated heterocycles. The average molecular weight is 428 g/mol. The molecule has 4 rings (SSSR count). The number of hydrogen-bond acceptors (Lipinski definition) is 5. The number of imide groups is 1. The monoisotopic (exact) mass is 427 g/mol. The van der Waals surface area contributed by atoms with Crippen LogP contribution in [0.3, 0.4) is 0 Å². The van der Waals surface area contributed by atoms with Gasteiger partial charge in [-0.05, 0) is 42.7 Å². The quantitative estimate of drug-likeness (QED) is 0.586. The number of methoxy groups -OCH3 is 1. The molecule has 0 aromatic heterocycles. The van der Waals surface area contributed by atoms with Gasteiger partial charge in [-0.1, -0.05) is 37.6 Å². The van der Waals surface area contributed by atoms with E-state index in [1.165, 1.54) is 12.0 Å². The lowest BCUT2D eigenvalue weighted by atomic mass is 9.75. The van der Waals surface area contributed by atoms with E-state index in [0.717, 1.165) is 35.3 Å². The Labute approximate surface area is 181 Å². The molecule has 1 spiro atoms. The van der Waals surface area contributed by atoms with Crippen molar-refractivity contribution in [3.05, 3.63) is 35.4 Å². The van der Waals surface area contributed by atoms with Crippen molar-refractivity contribution in [1.29, 1.82) is 0 Å². The van der Waals surface area contributed by atoms with Crippen LogP contribution in [0.15, 0.2) is 24.3 Å². The van der Waals surface area contributed by atoms with Crippen LogP contribution >= 0.6 is 0 Å². The van der Waals surface area contributed by atoms with Crippen LogP contribution in [0.5, 0.6) is 0 Å². The van der Waals surface area contributed by atoms with E-state index in [-0.39, 0.29) is 19.0 Å². The Balaban J connectivity index is 1.51. The molecule has 1 aromatic rings. The Morgan fingerprint density at radius 1 is 1.16 bits per heavy atom. The number of esters is 1. The van der Waals surface area contributed by atoms with E-state index in [2.05, 4.69) is 12.2 Å². The molecule has 2 aliphatic heterocycles. The summed E-state index contributed by atoms with van der Waals surface area (Å²) in [4.78, 5) is 53.8. The molecular weight excluding hydrogens is 398 g/mol. The number of amides is 4. The van der Waals surface area contributed by atoms with Crippen LogP contribution in [-0.4, -0.2) is 58.8 Å². The summed E-state index contributed by atoms with van der Waals surface area (Å²) in [5, 5.41) is 2.86. The Morgan fingerprint density at radius 3 is 2.48 bits per heavy atom. The highest BCUT2D eigenvalue weighted by Crippen LogP contribution is 2.37. The summed E-state index contributed by atoms with van der Waals surface area (Å²) in [6.07, 6.45) is 4.38. The summed E-state index contributed by atoms with van der Waals surface area (Å²) in [6, 6.07) is 6.32. The van der Waals surface area contributed by atoms with Crippen molar-refractivity contribution in [3.8, 4) is 0 Å².